The Balaban J connectivity index is 0.999. The van der Waals surface area contributed by atoms with Gasteiger partial charge in [0.25, 0.3) is 0 Å². The summed E-state index contributed by atoms with van der Waals surface area (Å²) in [4.78, 5) is 0. The standard InChI is InChI=1S/C52H32INO2/c1-2-12-39(13-3-1)54-47-19-8-6-16-44(47)50-45-29-25-35(32-49(45)56-52(50)54)33-23-26-37(27-24-33)53(46-18-10-17-43-42-15-7-9-20-48(42)55-51(43)46)38-28-30-41-36(31-38)22-21-34-11-4-5-14-40(34)41/h1-32H. The minimum Gasteiger partial charge on any atom is -0.0602 e. The summed E-state index contributed by atoms with van der Waals surface area (Å²) >= 11 is -2.28. The fourth-order valence-electron chi connectivity index (χ4n) is 8.60. The molecule has 0 fully saturated rings. The van der Waals surface area contributed by atoms with Gasteiger partial charge in [-0.1, -0.05) is 24.3 Å². The van der Waals surface area contributed by atoms with Crippen LogP contribution in [0.15, 0.2) is 203 Å². The Hall–Kier alpha value is -6.63. The van der Waals surface area contributed by atoms with Gasteiger partial charge in [-0.2, -0.15) is 0 Å². The van der Waals surface area contributed by atoms with E-state index in [-0.39, 0.29) is 0 Å². The van der Waals surface area contributed by atoms with E-state index in [9.17, 15) is 0 Å². The fraction of sp³-hybridized carbons (Fsp3) is 0. The van der Waals surface area contributed by atoms with E-state index >= 15 is 0 Å². The molecule has 0 radical (unpaired) electrons. The topological polar surface area (TPSA) is 31.2 Å². The Bertz CT molecular complexity index is 3480. The molecule has 12 aromatic rings. The summed E-state index contributed by atoms with van der Waals surface area (Å²) in [5.41, 5.74) is 8.23. The van der Waals surface area contributed by atoms with E-state index < -0.39 is 19.8 Å². The van der Waals surface area contributed by atoms with Gasteiger partial charge in [0.15, 0.2) is 0 Å². The Kier molecular flexibility index (Phi) is 7.05. The van der Waals surface area contributed by atoms with Gasteiger partial charge < -0.3 is 0 Å². The maximum absolute atomic E-state index is 6.75. The van der Waals surface area contributed by atoms with E-state index in [2.05, 4.69) is 199 Å². The first-order valence-electron chi connectivity index (χ1n) is 18.9. The molecule has 3 nitrogen and oxygen atoms in total. The first kappa shape index (κ1) is 31.7. The molecule has 4 heteroatoms. The molecule has 12 rings (SSSR count). The molecule has 264 valence electrons. The summed E-state index contributed by atoms with van der Waals surface area (Å²) in [5.74, 6) is 0. The van der Waals surface area contributed by atoms with Crippen LogP contribution in [0.3, 0.4) is 0 Å². The molecule has 0 unspecified atom stereocenters. The van der Waals surface area contributed by atoms with E-state index in [1.54, 1.807) is 0 Å². The van der Waals surface area contributed by atoms with Gasteiger partial charge in [0.2, 0.25) is 0 Å². The monoisotopic (exact) mass is 829 g/mol. The van der Waals surface area contributed by atoms with E-state index in [0.29, 0.717) is 0 Å². The number of fused-ring (bicyclic) bond motifs is 11. The van der Waals surface area contributed by atoms with E-state index in [4.69, 9.17) is 8.83 Å². The van der Waals surface area contributed by atoms with Gasteiger partial charge in [0.1, 0.15) is 0 Å². The number of para-hydroxylation sites is 4. The number of hydrogen-bond donors (Lipinski definition) is 0. The molecule has 0 saturated heterocycles. The Morgan fingerprint density at radius 1 is 0.393 bits per heavy atom. The zero-order chi connectivity index (χ0) is 36.7. The molecule has 0 aliphatic heterocycles. The normalized spacial score (nSPS) is 12.2. The van der Waals surface area contributed by atoms with Crippen molar-refractivity contribution in [2.45, 2.75) is 0 Å². The first-order chi connectivity index (χ1) is 27.8. The number of benzene rings is 9. The molecular formula is C52H32INO2. The molecule has 0 bridgehead atoms. The van der Waals surface area contributed by atoms with Crippen molar-refractivity contribution < 1.29 is 8.83 Å². The molecule has 0 atom stereocenters. The number of aromatic nitrogens is 1. The molecule has 0 N–H and O–H groups in total. The predicted molar refractivity (Wildman–Crippen MR) is 241 cm³/mol. The Labute approximate surface area is 329 Å². The van der Waals surface area contributed by atoms with Crippen LogP contribution < -0.4 is 0 Å². The Morgan fingerprint density at radius 3 is 1.96 bits per heavy atom. The minimum absolute atomic E-state index is 0.873. The van der Waals surface area contributed by atoms with Gasteiger partial charge in [-0.25, -0.2) is 0 Å². The van der Waals surface area contributed by atoms with Crippen LogP contribution in [-0.4, -0.2) is 4.57 Å². The van der Waals surface area contributed by atoms with Crippen molar-refractivity contribution in [3.8, 4) is 16.8 Å². The molecule has 0 aliphatic carbocycles. The molecule has 3 aromatic heterocycles. The van der Waals surface area contributed by atoms with Crippen LogP contribution in [0.1, 0.15) is 0 Å². The fourth-order valence-corrected chi connectivity index (χ4v) is 14.4. The molecule has 9 aromatic carbocycles. The first-order valence-corrected chi connectivity index (χ1v) is 22.1. The molecule has 0 amide bonds. The number of rotatable bonds is 5. The third-order valence-electron chi connectivity index (χ3n) is 11.2. The molecular weight excluding hydrogens is 797 g/mol. The Morgan fingerprint density at radius 2 is 1.07 bits per heavy atom. The van der Waals surface area contributed by atoms with Gasteiger partial charge >= 0.3 is 307 Å². The van der Waals surface area contributed by atoms with Crippen LogP contribution in [-0.2, 0) is 0 Å². The number of furan rings is 2. The van der Waals surface area contributed by atoms with Crippen molar-refractivity contribution in [3.63, 3.8) is 0 Å². The van der Waals surface area contributed by atoms with Crippen LogP contribution in [0.2, 0.25) is 0 Å². The van der Waals surface area contributed by atoms with Gasteiger partial charge in [-0.3, -0.25) is 0 Å². The van der Waals surface area contributed by atoms with Crippen LogP contribution in [0.5, 0.6) is 0 Å². The second kappa shape index (κ2) is 12.4. The van der Waals surface area contributed by atoms with Crippen molar-refractivity contribution in [1.29, 1.82) is 0 Å². The third kappa shape index (κ3) is 4.82. The molecule has 0 saturated carbocycles. The summed E-state index contributed by atoms with van der Waals surface area (Å²) in [5, 5.41) is 10.9. The van der Waals surface area contributed by atoms with E-state index in [1.807, 2.05) is 0 Å². The number of halogens is 1. The molecule has 3 heterocycles. The van der Waals surface area contributed by atoms with Crippen LogP contribution in [0.25, 0.3) is 93.3 Å². The maximum atomic E-state index is 6.75. The van der Waals surface area contributed by atoms with Crippen LogP contribution in [0.4, 0.5) is 0 Å². The minimum atomic E-state index is -2.28. The van der Waals surface area contributed by atoms with Gasteiger partial charge in [-0.15, -0.1) is 0 Å². The average Bonchev–Trinajstić information content (AvgIpc) is 3.93. The van der Waals surface area contributed by atoms with Crippen molar-refractivity contribution in [2.75, 3.05) is 0 Å². The van der Waals surface area contributed by atoms with Gasteiger partial charge in [-0.05, 0) is 0 Å². The number of nitrogens with zero attached hydrogens (tertiary/aromatic N) is 1. The quantitative estimate of drug-likeness (QED) is 0.128. The summed E-state index contributed by atoms with van der Waals surface area (Å²) in [6.07, 6.45) is 0. The van der Waals surface area contributed by atoms with Gasteiger partial charge in [0.05, 0.1) is 0 Å². The van der Waals surface area contributed by atoms with Crippen LogP contribution in [0, 0.1) is 10.7 Å². The number of hydrogen-bond acceptors (Lipinski definition) is 2. The van der Waals surface area contributed by atoms with E-state index in [0.717, 1.165) is 61.0 Å². The van der Waals surface area contributed by atoms with Crippen LogP contribution >= 0.6 is 19.8 Å². The predicted octanol–water partition coefficient (Wildman–Crippen LogP) is 14.8. The second-order valence-electron chi connectivity index (χ2n) is 14.3. The zero-order valence-corrected chi connectivity index (χ0v) is 32.3. The van der Waals surface area contributed by atoms with Gasteiger partial charge in [0, 0.05) is 0 Å². The summed E-state index contributed by atoms with van der Waals surface area (Å²) in [6.45, 7) is 0. The van der Waals surface area contributed by atoms with Crippen molar-refractivity contribution in [3.05, 3.63) is 205 Å². The summed E-state index contributed by atoms with van der Waals surface area (Å²) < 4.78 is 19.7. The molecule has 0 spiro atoms. The van der Waals surface area contributed by atoms with Crippen molar-refractivity contribution >= 4 is 96.3 Å². The van der Waals surface area contributed by atoms with Crippen molar-refractivity contribution in [1.82, 2.24) is 4.57 Å². The second-order valence-corrected chi connectivity index (χ2v) is 19.6. The molecule has 56 heavy (non-hydrogen) atoms. The molecule has 0 aliphatic rings. The smallest absolute Gasteiger partial charge is 0.0602 e. The summed E-state index contributed by atoms with van der Waals surface area (Å²) in [7, 11) is 0. The average molecular weight is 830 g/mol. The van der Waals surface area contributed by atoms with Crippen molar-refractivity contribution in [2.24, 2.45) is 0 Å². The van der Waals surface area contributed by atoms with E-state index in [1.165, 1.54) is 43.0 Å². The zero-order valence-electron chi connectivity index (χ0n) is 30.1. The third-order valence-corrected chi connectivity index (χ3v) is 17.1. The SMILES string of the molecule is c1ccc(-n2c3ccccc3c3c4ccc(-c5ccc(I(c6ccc7c(ccc8ccccc87)c6)c6cccc7c6oc6ccccc67)cc5)cc4oc32)cc1. The summed E-state index contributed by atoms with van der Waals surface area (Å²) in [6, 6.07) is 70.4.